The molecule has 4 N–H and O–H groups in total. The molecule has 0 spiro atoms. The van der Waals surface area contributed by atoms with E-state index in [0.29, 0.717) is 34.7 Å². The molecule has 4 rings (SSSR count). The summed E-state index contributed by atoms with van der Waals surface area (Å²) in [5, 5.41) is 10.1. The second kappa shape index (κ2) is 6.67. The Hall–Kier alpha value is -3.49. The van der Waals surface area contributed by atoms with Crippen LogP contribution < -0.4 is 16.8 Å². The van der Waals surface area contributed by atoms with E-state index in [1.54, 1.807) is 12.4 Å². The summed E-state index contributed by atoms with van der Waals surface area (Å²) in [6.45, 7) is 0.582. The molecule has 2 aromatic heterocycles. The van der Waals surface area contributed by atoms with Gasteiger partial charge in [-0.15, -0.1) is 9.24 Å². The third-order valence-electron chi connectivity index (χ3n) is 4.30. The molecule has 2 heterocycles. The van der Waals surface area contributed by atoms with Gasteiger partial charge in [-0.25, -0.2) is 9.97 Å². The van der Waals surface area contributed by atoms with Crippen LogP contribution in [0.3, 0.4) is 0 Å². The Labute approximate surface area is 157 Å². The van der Waals surface area contributed by atoms with Gasteiger partial charge in [0.2, 0.25) is 5.95 Å². The van der Waals surface area contributed by atoms with Crippen LogP contribution in [0.1, 0.15) is 11.1 Å². The number of imidazole rings is 1. The molecular weight excluding hydrogens is 357 g/mol. The minimum absolute atomic E-state index is 0.156. The molecule has 8 heteroatoms. The highest BCUT2D eigenvalue weighted by Crippen LogP contribution is 2.27. The lowest BCUT2D eigenvalue weighted by atomic mass is 10.1. The van der Waals surface area contributed by atoms with Crippen LogP contribution in [0.25, 0.3) is 22.4 Å². The van der Waals surface area contributed by atoms with Crippen LogP contribution in [0.5, 0.6) is 0 Å². The Kier molecular flexibility index (Phi) is 4.19. The Morgan fingerprint density at radius 3 is 2.59 bits per heavy atom. The van der Waals surface area contributed by atoms with Crippen LogP contribution in [0.15, 0.2) is 48.8 Å². The third kappa shape index (κ3) is 3.07. The minimum atomic E-state index is 0.156. The van der Waals surface area contributed by atoms with Crippen molar-refractivity contribution in [2.45, 2.75) is 6.54 Å². The van der Waals surface area contributed by atoms with Gasteiger partial charge in [0, 0.05) is 11.3 Å². The molecule has 0 aliphatic rings. The van der Waals surface area contributed by atoms with Crippen molar-refractivity contribution >= 4 is 37.3 Å². The Morgan fingerprint density at radius 1 is 1.07 bits per heavy atom. The number of nitrogens with zero attached hydrogens (tertiary/aromatic N) is 5. The predicted octanol–water partition coefficient (Wildman–Crippen LogP) is 2.08. The van der Waals surface area contributed by atoms with Gasteiger partial charge in [-0.3, -0.25) is 0 Å². The first-order valence-corrected chi connectivity index (χ1v) is 8.76. The van der Waals surface area contributed by atoms with Gasteiger partial charge < -0.3 is 16.0 Å². The van der Waals surface area contributed by atoms with E-state index in [2.05, 4.69) is 30.3 Å². The largest absolute Gasteiger partial charge is 0.399 e. The topological polar surface area (TPSA) is 119 Å². The molecule has 0 amide bonds. The maximum absolute atomic E-state index is 9.30. The van der Waals surface area contributed by atoms with E-state index < -0.39 is 0 Å². The van der Waals surface area contributed by atoms with E-state index in [9.17, 15) is 5.26 Å². The Balaban J connectivity index is 1.86. The molecule has 0 bridgehead atoms. The fraction of sp³-hybridized carbons (Fsp3) is 0.0526. The number of nitrogen functional groups attached to an aromatic ring is 2. The van der Waals surface area contributed by atoms with Crippen molar-refractivity contribution in [3.8, 4) is 17.3 Å². The number of nitrogens with two attached hydrogens (primary N) is 2. The molecule has 7 nitrogen and oxygen atoms in total. The lowest BCUT2D eigenvalue weighted by molar-refractivity contribution is 0.814. The smallest absolute Gasteiger partial charge is 0.222 e. The molecule has 0 saturated carbocycles. The highest BCUT2D eigenvalue weighted by atomic mass is 31.0. The lowest BCUT2D eigenvalue weighted by Crippen LogP contribution is -2.07. The molecule has 132 valence electrons. The number of rotatable bonds is 3. The number of anilines is 2. The van der Waals surface area contributed by atoms with Crippen molar-refractivity contribution in [3.63, 3.8) is 0 Å². The van der Waals surface area contributed by atoms with Crippen LogP contribution in [-0.2, 0) is 6.54 Å². The highest BCUT2D eigenvalue weighted by molar-refractivity contribution is 7.28. The summed E-state index contributed by atoms with van der Waals surface area (Å²) in [4.78, 5) is 13.3. The average molecular weight is 373 g/mol. The normalized spacial score (nSPS) is 10.8. The first-order chi connectivity index (χ1) is 13.1. The molecular formula is C19H16N7P. The zero-order valence-electron chi connectivity index (χ0n) is 14.3. The number of nitriles is 1. The second-order valence-electron chi connectivity index (χ2n) is 6.10. The van der Waals surface area contributed by atoms with E-state index in [1.165, 1.54) is 0 Å². The van der Waals surface area contributed by atoms with Crippen LogP contribution >= 0.6 is 9.24 Å². The van der Waals surface area contributed by atoms with Gasteiger partial charge in [-0.05, 0) is 29.1 Å². The van der Waals surface area contributed by atoms with Gasteiger partial charge in [0.05, 0.1) is 24.5 Å². The number of fused-ring (bicyclic) bond motifs is 1. The lowest BCUT2D eigenvalue weighted by Gasteiger charge is -2.09. The molecule has 2 aromatic carbocycles. The van der Waals surface area contributed by atoms with Crippen molar-refractivity contribution in [1.29, 1.82) is 5.26 Å². The van der Waals surface area contributed by atoms with Gasteiger partial charge in [0.15, 0.2) is 5.65 Å². The summed E-state index contributed by atoms with van der Waals surface area (Å²) in [6.07, 6.45) is 1.72. The third-order valence-corrected chi connectivity index (χ3v) is 4.92. The Morgan fingerprint density at radius 2 is 1.85 bits per heavy atom. The molecule has 0 saturated heterocycles. The van der Waals surface area contributed by atoms with Gasteiger partial charge in [0.1, 0.15) is 11.2 Å². The average Bonchev–Trinajstić information content (AvgIpc) is 3.06. The molecule has 0 aliphatic carbocycles. The first kappa shape index (κ1) is 17.0. The van der Waals surface area contributed by atoms with Gasteiger partial charge >= 0.3 is 0 Å². The fourth-order valence-corrected chi connectivity index (χ4v) is 3.35. The van der Waals surface area contributed by atoms with E-state index in [0.717, 1.165) is 16.4 Å². The summed E-state index contributed by atoms with van der Waals surface area (Å²) < 4.78 is 1.92. The zero-order valence-corrected chi connectivity index (χ0v) is 15.4. The predicted molar refractivity (Wildman–Crippen MR) is 109 cm³/mol. The summed E-state index contributed by atoms with van der Waals surface area (Å²) in [5.41, 5.74) is 16.7. The first-order valence-electron chi connectivity index (χ1n) is 8.18. The molecule has 0 aliphatic heterocycles. The number of aromatic nitrogens is 4. The van der Waals surface area contributed by atoms with Crippen LogP contribution in [-0.4, -0.2) is 19.5 Å². The quantitative estimate of drug-likeness (QED) is 0.419. The molecule has 1 atom stereocenters. The highest BCUT2D eigenvalue weighted by Gasteiger charge is 2.17. The summed E-state index contributed by atoms with van der Waals surface area (Å²) in [7, 11) is 2.60. The standard InChI is InChI=1S/C19H16N7P/c20-8-12-2-1-3-14(17(12)27)15-16-18(25-19(22)24-15)26(10-23-16)9-11-4-6-13(21)7-5-11/h1-7,10H,9,21,27H2,(H2,22,24,25). The van der Waals surface area contributed by atoms with Gasteiger partial charge in [-0.2, -0.15) is 10.2 Å². The monoisotopic (exact) mass is 373 g/mol. The number of benzene rings is 2. The van der Waals surface area contributed by atoms with Crippen LogP contribution in [0.2, 0.25) is 0 Å². The van der Waals surface area contributed by atoms with Crippen molar-refractivity contribution < 1.29 is 0 Å². The fourth-order valence-electron chi connectivity index (χ4n) is 2.95. The van der Waals surface area contributed by atoms with Crippen molar-refractivity contribution in [3.05, 3.63) is 59.9 Å². The molecule has 0 radical (unpaired) electrons. The number of hydrogen-bond acceptors (Lipinski definition) is 6. The molecule has 1 unspecified atom stereocenters. The van der Waals surface area contributed by atoms with Crippen LogP contribution in [0.4, 0.5) is 11.6 Å². The van der Waals surface area contributed by atoms with Gasteiger partial charge in [-0.1, -0.05) is 24.3 Å². The van der Waals surface area contributed by atoms with E-state index in [1.807, 2.05) is 41.0 Å². The minimum Gasteiger partial charge on any atom is -0.399 e. The number of hydrogen-bond donors (Lipinski definition) is 2. The SMILES string of the molecule is N#Cc1cccc(-c2nc(N)nc3c2ncn3Cc2ccc(N)cc2)c1P. The van der Waals surface area contributed by atoms with Crippen LogP contribution in [0, 0.1) is 11.3 Å². The maximum atomic E-state index is 9.30. The summed E-state index contributed by atoms with van der Waals surface area (Å²) >= 11 is 0. The van der Waals surface area contributed by atoms with E-state index in [-0.39, 0.29) is 5.95 Å². The van der Waals surface area contributed by atoms with Gasteiger partial charge in [0.25, 0.3) is 0 Å². The molecule has 0 fully saturated rings. The molecule has 27 heavy (non-hydrogen) atoms. The summed E-state index contributed by atoms with van der Waals surface area (Å²) in [5.74, 6) is 0.156. The van der Waals surface area contributed by atoms with Crippen molar-refractivity contribution in [1.82, 2.24) is 19.5 Å². The maximum Gasteiger partial charge on any atom is 0.222 e. The van der Waals surface area contributed by atoms with Crippen molar-refractivity contribution in [2.75, 3.05) is 11.5 Å². The van der Waals surface area contributed by atoms with E-state index in [4.69, 9.17) is 11.5 Å². The second-order valence-corrected chi connectivity index (χ2v) is 6.67. The summed E-state index contributed by atoms with van der Waals surface area (Å²) in [6, 6.07) is 15.3. The Bertz CT molecular complexity index is 1190. The van der Waals surface area contributed by atoms with E-state index >= 15 is 0 Å². The molecule has 4 aromatic rings. The van der Waals surface area contributed by atoms with Crippen molar-refractivity contribution in [2.24, 2.45) is 0 Å². The zero-order chi connectivity index (χ0) is 19.0.